The largest absolute Gasteiger partial charge is 0.398 e. The molecular weight excluding hydrogens is 232 g/mol. The lowest BCUT2D eigenvalue weighted by atomic mass is 10.1. The van der Waals surface area contributed by atoms with Gasteiger partial charge in [0, 0.05) is 5.69 Å². The van der Waals surface area contributed by atoms with Gasteiger partial charge in [-0.2, -0.15) is 4.31 Å². The highest BCUT2D eigenvalue weighted by Gasteiger charge is 2.42. The number of fused-ring (bicyclic) bond motifs is 1. The fourth-order valence-electron chi connectivity index (χ4n) is 1.59. The second kappa shape index (κ2) is 3.05. The Kier molecular flexibility index (Phi) is 2.02. The molecule has 0 radical (unpaired) electrons. The van der Waals surface area contributed by atoms with E-state index in [1.54, 1.807) is 0 Å². The topological polar surface area (TPSA) is 97.5 Å². The van der Waals surface area contributed by atoms with Gasteiger partial charge in [-0.05, 0) is 12.1 Å². The summed E-state index contributed by atoms with van der Waals surface area (Å²) in [7, 11) is -3.91. The minimum Gasteiger partial charge on any atom is -0.398 e. The summed E-state index contributed by atoms with van der Waals surface area (Å²) in [6.45, 7) is 0. The van der Waals surface area contributed by atoms with Crippen LogP contribution < -0.4 is 5.73 Å². The molecule has 0 unspecified atom stereocenters. The van der Waals surface area contributed by atoms with Crippen LogP contribution in [0, 0.1) is 0 Å². The number of sulfonamides is 1. The Morgan fingerprint density at radius 3 is 2.31 bits per heavy atom. The summed E-state index contributed by atoms with van der Waals surface area (Å²) in [6, 6.07) is 4.30. The van der Waals surface area contributed by atoms with Gasteiger partial charge in [-0.3, -0.25) is 9.59 Å². The van der Waals surface area contributed by atoms with Crippen LogP contribution in [0.15, 0.2) is 18.2 Å². The molecule has 2 N–H and O–H groups in total. The summed E-state index contributed by atoms with van der Waals surface area (Å²) >= 11 is 0. The maximum Gasteiger partial charge on any atom is 0.277 e. The SMILES string of the molecule is CS(=O)(=O)N1C(=O)c2cccc(N)c2C1=O. The molecule has 7 heteroatoms. The monoisotopic (exact) mass is 240 g/mol. The van der Waals surface area contributed by atoms with E-state index in [2.05, 4.69) is 0 Å². The van der Waals surface area contributed by atoms with Crippen LogP contribution in [0.3, 0.4) is 0 Å². The molecule has 0 bridgehead atoms. The van der Waals surface area contributed by atoms with Crippen LogP contribution in [-0.2, 0) is 10.0 Å². The average molecular weight is 240 g/mol. The zero-order chi connectivity index (χ0) is 12.1. The summed E-state index contributed by atoms with van der Waals surface area (Å²) in [5.74, 6) is -1.74. The highest BCUT2D eigenvalue weighted by atomic mass is 32.2. The quantitative estimate of drug-likeness (QED) is 0.542. The van der Waals surface area contributed by atoms with Crippen LogP contribution in [0.4, 0.5) is 5.69 Å². The van der Waals surface area contributed by atoms with Crippen LogP contribution >= 0.6 is 0 Å². The molecule has 0 aliphatic carbocycles. The highest BCUT2D eigenvalue weighted by Crippen LogP contribution is 2.28. The number of benzene rings is 1. The van der Waals surface area contributed by atoms with Gasteiger partial charge in [-0.25, -0.2) is 8.42 Å². The van der Waals surface area contributed by atoms with E-state index in [0.717, 1.165) is 6.26 Å². The number of carbonyl (C=O) groups is 2. The number of amides is 2. The molecule has 6 nitrogen and oxygen atoms in total. The van der Waals surface area contributed by atoms with Crippen LogP contribution in [0.25, 0.3) is 0 Å². The first-order chi connectivity index (χ1) is 7.34. The summed E-state index contributed by atoms with van der Waals surface area (Å²) in [5, 5.41) is 0. The minimum atomic E-state index is -3.91. The Morgan fingerprint density at radius 2 is 1.81 bits per heavy atom. The molecule has 0 atom stereocenters. The number of hydrogen-bond acceptors (Lipinski definition) is 5. The zero-order valence-corrected chi connectivity index (χ0v) is 9.11. The second-order valence-electron chi connectivity index (χ2n) is 3.41. The van der Waals surface area contributed by atoms with E-state index in [9.17, 15) is 18.0 Å². The first kappa shape index (κ1) is 10.6. The summed E-state index contributed by atoms with van der Waals surface area (Å²) < 4.78 is 22.8. The van der Waals surface area contributed by atoms with Crippen molar-refractivity contribution in [1.82, 2.24) is 4.31 Å². The lowest BCUT2D eigenvalue weighted by Gasteiger charge is -2.09. The summed E-state index contributed by atoms with van der Waals surface area (Å²) in [5.41, 5.74) is 5.61. The van der Waals surface area contributed by atoms with Crippen molar-refractivity contribution in [2.24, 2.45) is 0 Å². The molecule has 0 spiro atoms. The number of nitrogens with zero attached hydrogens (tertiary/aromatic N) is 1. The van der Waals surface area contributed by atoms with Crippen LogP contribution in [0.1, 0.15) is 20.7 Å². The molecule has 1 heterocycles. The third-order valence-corrected chi connectivity index (χ3v) is 3.24. The van der Waals surface area contributed by atoms with Crippen molar-refractivity contribution in [3.8, 4) is 0 Å². The molecule has 2 amide bonds. The molecular formula is C9H8N2O4S. The van der Waals surface area contributed by atoms with E-state index in [0.29, 0.717) is 0 Å². The molecule has 1 aliphatic rings. The summed E-state index contributed by atoms with van der Waals surface area (Å²) in [4.78, 5) is 23.4. The lowest BCUT2D eigenvalue weighted by Crippen LogP contribution is -2.35. The molecule has 0 aromatic heterocycles. The molecule has 84 valence electrons. The fraction of sp³-hybridized carbons (Fsp3) is 0.111. The number of rotatable bonds is 1. The normalized spacial score (nSPS) is 15.4. The van der Waals surface area contributed by atoms with Gasteiger partial charge in [0.15, 0.2) is 0 Å². The molecule has 0 saturated heterocycles. The molecule has 2 rings (SSSR count). The third kappa shape index (κ3) is 1.28. The molecule has 1 aromatic rings. The number of hydrogen-bond donors (Lipinski definition) is 1. The molecule has 0 saturated carbocycles. The van der Waals surface area contributed by atoms with Crippen molar-refractivity contribution in [3.05, 3.63) is 29.3 Å². The number of carbonyl (C=O) groups excluding carboxylic acids is 2. The Bertz CT molecular complexity index is 606. The van der Waals surface area contributed by atoms with E-state index in [1.807, 2.05) is 0 Å². The number of nitrogens with two attached hydrogens (primary N) is 1. The first-order valence-electron chi connectivity index (χ1n) is 4.31. The van der Waals surface area contributed by atoms with Crippen molar-refractivity contribution < 1.29 is 18.0 Å². The molecule has 0 fully saturated rings. The van der Waals surface area contributed by atoms with Gasteiger partial charge < -0.3 is 5.73 Å². The Labute approximate surface area is 91.7 Å². The van der Waals surface area contributed by atoms with Crippen molar-refractivity contribution in [2.75, 3.05) is 12.0 Å². The molecule has 16 heavy (non-hydrogen) atoms. The second-order valence-corrected chi connectivity index (χ2v) is 5.24. The third-order valence-electron chi connectivity index (χ3n) is 2.24. The van der Waals surface area contributed by atoms with Crippen LogP contribution in [0.2, 0.25) is 0 Å². The highest BCUT2D eigenvalue weighted by molar-refractivity contribution is 7.89. The van der Waals surface area contributed by atoms with Gasteiger partial charge in [0.1, 0.15) is 0 Å². The van der Waals surface area contributed by atoms with Gasteiger partial charge in [0.2, 0.25) is 10.0 Å². The van der Waals surface area contributed by atoms with Crippen molar-refractivity contribution in [3.63, 3.8) is 0 Å². The maximum absolute atomic E-state index is 11.7. The number of anilines is 1. The first-order valence-corrected chi connectivity index (χ1v) is 6.16. The van der Waals surface area contributed by atoms with E-state index in [4.69, 9.17) is 5.73 Å². The standard InChI is InChI=1S/C9H8N2O4S/c1-16(14,15)11-8(12)5-3-2-4-6(10)7(5)9(11)13/h2-4H,10H2,1H3. The number of imide groups is 1. The average Bonchev–Trinajstić information content (AvgIpc) is 2.39. The lowest BCUT2D eigenvalue weighted by molar-refractivity contribution is 0.0767. The van der Waals surface area contributed by atoms with Crippen LogP contribution in [-0.4, -0.2) is 30.8 Å². The van der Waals surface area contributed by atoms with Gasteiger partial charge in [0.05, 0.1) is 17.4 Å². The van der Waals surface area contributed by atoms with Crippen molar-refractivity contribution in [2.45, 2.75) is 0 Å². The van der Waals surface area contributed by atoms with Gasteiger partial charge in [-0.15, -0.1) is 0 Å². The molecule has 1 aromatic carbocycles. The predicted molar refractivity (Wildman–Crippen MR) is 56.2 cm³/mol. The van der Waals surface area contributed by atoms with Gasteiger partial charge in [0.25, 0.3) is 11.8 Å². The Hall–Kier alpha value is -1.89. The van der Waals surface area contributed by atoms with Gasteiger partial charge in [-0.1, -0.05) is 6.07 Å². The zero-order valence-electron chi connectivity index (χ0n) is 8.30. The van der Waals surface area contributed by atoms with Crippen molar-refractivity contribution in [1.29, 1.82) is 0 Å². The van der Waals surface area contributed by atoms with E-state index in [1.165, 1.54) is 18.2 Å². The predicted octanol–water partition coefficient (Wildman–Crippen LogP) is -0.176. The van der Waals surface area contributed by atoms with Gasteiger partial charge >= 0.3 is 0 Å². The minimum absolute atomic E-state index is 0.0235. The van der Waals surface area contributed by atoms with E-state index < -0.39 is 21.8 Å². The van der Waals surface area contributed by atoms with Crippen molar-refractivity contribution >= 4 is 27.5 Å². The van der Waals surface area contributed by atoms with E-state index in [-0.39, 0.29) is 21.1 Å². The smallest absolute Gasteiger partial charge is 0.277 e. The summed E-state index contributed by atoms with van der Waals surface area (Å²) in [6.07, 6.45) is 0.796. The Morgan fingerprint density at radius 1 is 1.19 bits per heavy atom. The Balaban J connectivity index is 2.71. The van der Waals surface area contributed by atoms with Crippen LogP contribution in [0.5, 0.6) is 0 Å². The molecule has 1 aliphatic heterocycles. The van der Waals surface area contributed by atoms with E-state index >= 15 is 0 Å². The fourth-order valence-corrected chi connectivity index (χ4v) is 2.38. The maximum atomic E-state index is 11.7. The number of nitrogen functional groups attached to an aromatic ring is 1.